The smallest absolute Gasteiger partial charge is 0.163 e. The molecule has 38 heavy (non-hydrogen) atoms. The van der Waals surface area contributed by atoms with E-state index in [4.69, 9.17) is 9.47 Å². The predicted molar refractivity (Wildman–Crippen MR) is 150 cm³/mol. The standard InChI is InChI=1S/C33H28O5/c1-37-33-22-30(36)16-13-26(33)12-15-28(34)21-29(35)17-14-27-20-31(38-23-24-8-4-2-5-9-24)18-19-32(27)25-10-6-3-7-11-25/h2-20,22,36H,21,23H2,1H3/b15-12+,17-14+. The van der Waals surface area contributed by atoms with Gasteiger partial charge in [0.1, 0.15) is 23.9 Å². The molecule has 5 nitrogen and oxygen atoms in total. The number of aromatic hydroxyl groups is 1. The monoisotopic (exact) mass is 504 g/mol. The Bertz CT molecular complexity index is 1450. The first kappa shape index (κ1) is 26.2. The first-order chi connectivity index (χ1) is 18.5. The summed E-state index contributed by atoms with van der Waals surface area (Å²) in [4.78, 5) is 25.0. The quantitative estimate of drug-likeness (QED) is 0.178. The fraction of sp³-hybridized carbons (Fsp3) is 0.0909. The van der Waals surface area contributed by atoms with Crippen LogP contribution in [0.4, 0.5) is 0 Å². The van der Waals surface area contributed by atoms with Crippen molar-refractivity contribution in [2.45, 2.75) is 13.0 Å². The van der Waals surface area contributed by atoms with Crippen molar-refractivity contribution < 1.29 is 24.2 Å². The largest absolute Gasteiger partial charge is 0.508 e. The number of ether oxygens (including phenoxy) is 2. The molecule has 0 bridgehead atoms. The summed E-state index contributed by atoms with van der Waals surface area (Å²) >= 11 is 0. The number of phenols is 1. The summed E-state index contributed by atoms with van der Waals surface area (Å²) in [5.74, 6) is 0.533. The van der Waals surface area contributed by atoms with Gasteiger partial charge >= 0.3 is 0 Å². The van der Waals surface area contributed by atoms with Gasteiger partial charge in [0.15, 0.2) is 11.6 Å². The Labute approximate surface area is 222 Å². The molecule has 0 amide bonds. The van der Waals surface area contributed by atoms with Gasteiger partial charge in [-0.05, 0) is 64.7 Å². The van der Waals surface area contributed by atoms with Crippen LogP contribution in [0.2, 0.25) is 0 Å². The van der Waals surface area contributed by atoms with E-state index in [1.54, 1.807) is 18.2 Å². The van der Waals surface area contributed by atoms with E-state index >= 15 is 0 Å². The number of benzene rings is 4. The molecule has 0 atom stereocenters. The third-order valence-corrected chi connectivity index (χ3v) is 5.82. The maximum atomic E-state index is 12.6. The predicted octanol–water partition coefficient (Wildman–Crippen LogP) is 6.90. The Morgan fingerprint density at radius 2 is 1.42 bits per heavy atom. The molecule has 0 aliphatic rings. The molecule has 4 aromatic rings. The van der Waals surface area contributed by atoms with E-state index < -0.39 is 0 Å². The molecule has 0 saturated carbocycles. The van der Waals surface area contributed by atoms with Crippen LogP contribution in [0.3, 0.4) is 0 Å². The van der Waals surface area contributed by atoms with Gasteiger partial charge in [0.2, 0.25) is 0 Å². The van der Waals surface area contributed by atoms with E-state index in [1.807, 2.05) is 78.9 Å². The van der Waals surface area contributed by atoms with E-state index in [2.05, 4.69) is 0 Å². The first-order valence-electron chi connectivity index (χ1n) is 12.2. The van der Waals surface area contributed by atoms with E-state index in [0.29, 0.717) is 23.7 Å². The van der Waals surface area contributed by atoms with Gasteiger partial charge in [-0.15, -0.1) is 0 Å². The molecule has 190 valence electrons. The van der Waals surface area contributed by atoms with Crippen molar-refractivity contribution in [1.29, 1.82) is 0 Å². The van der Waals surface area contributed by atoms with Gasteiger partial charge in [-0.25, -0.2) is 0 Å². The molecule has 0 heterocycles. The Morgan fingerprint density at radius 3 is 2.11 bits per heavy atom. The number of carbonyl (C=O) groups is 2. The minimum atomic E-state index is -0.335. The fourth-order valence-corrected chi connectivity index (χ4v) is 3.88. The van der Waals surface area contributed by atoms with Gasteiger partial charge in [0, 0.05) is 11.6 Å². The number of ketones is 2. The summed E-state index contributed by atoms with van der Waals surface area (Å²) in [5, 5.41) is 9.58. The molecule has 0 aliphatic heterocycles. The van der Waals surface area contributed by atoms with Gasteiger partial charge in [0.25, 0.3) is 0 Å². The lowest BCUT2D eigenvalue weighted by molar-refractivity contribution is -0.121. The Morgan fingerprint density at radius 1 is 0.763 bits per heavy atom. The van der Waals surface area contributed by atoms with Crippen LogP contribution in [0.5, 0.6) is 17.2 Å². The van der Waals surface area contributed by atoms with Gasteiger partial charge in [-0.3, -0.25) is 9.59 Å². The third kappa shape index (κ3) is 7.31. The Balaban J connectivity index is 1.48. The number of allylic oxidation sites excluding steroid dienone is 2. The fourth-order valence-electron chi connectivity index (χ4n) is 3.88. The number of carbonyl (C=O) groups excluding carboxylic acids is 2. The minimum absolute atomic E-state index is 0.0649. The second-order valence-corrected chi connectivity index (χ2v) is 8.59. The zero-order chi connectivity index (χ0) is 26.7. The van der Waals surface area contributed by atoms with Crippen molar-refractivity contribution in [3.63, 3.8) is 0 Å². The molecule has 0 spiro atoms. The molecule has 4 rings (SSSR count). The summed E-state index contributed by atoms with van der Waals surface area (Å²) < 4.78 is 11.2. The Kier molecular flexibility index (Phi) is 8.87. The first-order valence-corrected chi connectivity index (χ1v) is 12.2. The molecule has 0 fully saturated rings. The molecule has 4 aromatic carbocycles. The highest BCUT2D eigenvalue weighted by Gasteiger charge is 2.09. The van der Waals surface area contributed by atoms with Crippen LogP contribution in [-0.2, 0) is 16.2 Å². The highest BCUT2D eigenvalue weighted by Crippen LogP contribution is 2.29. The molecule has 1 N–H and O–H groups in total. The number of rotatable bonds is 11. The van der Waals surface area contributed by atoms with Crippen LogP contribution in [-0.4, -0.2) is 23.8 Å². The van der Waals surface area contributed by atoms with Gasteiger partial charge in [-0.1, -0.05) is 72.8 Å². The third-order valence-electron chi connectivity index (χ3n) is 5.82. The maximum absolute atomic E-state index is 12.6. The molecule has 0 unspecified atom stereocenters. The summed E-state index contributed by atoms with van der Waals surface area (Å²) in [6.45, 7) is 0.431. The second kappa shape index (κ2) is 12.9. The van der Waals surface area contributed by atoms with Gasteiger partial charge < -0.3 is 14.6 Å². The van der Waals surface area contributed by atoms with E-state index in [-0.39, 0.29) is 23.7 Å². The zero-order valence-electron chi connectivity index (χ0n) is 21.0. The van der Waals surface area contributed by atoms with E-state index in [9.17, 15) is 14.7 Å². The lowest BCUT2D eigenvalue weighted by Crippen LogP contribution is -2.02. The van der Waals surface area contributed by atoms with Gasteiger partial charge in [-0.2, -0.15) is 0 Å². The number of methoxy groups -OCH3 is 1. The highest BCUT2D eigenvalue weighted by atomic mass is 16.5. The maximum Gasteiger partial charge on any atom is 0.163 e. The summed E-state index contributed by atoms with van der Waals surface area (Å²) in [6, 6.07) is 30.2. The van der Waals surface area contributed by atoms with Crippen LogP contribution in [0.25, 0.3) is 23.3 Å². The summed E-state index contributed by atoms with van der Waals surface area (Å²) in [6.07, 6.45) is 5.79. The normalized spacial score (nSPS) is 11.1. The van der Waals surface area contributed by atoms with E-state index in [0.717, 1.165) is 22.3 Å². The Hall–Kier alpha value is -4.90. The van der Waals surface area contributed by atoms with Crippen molar-refractivity contribution in [1.82, 2.24) is 0 Å². The molecule has 0 aliphatic carbocycles. The topological polar surface area (TPSA) is 72.8 Å². The molecular weight excluding hydrogens is 476 g/mol. The summed E-state index contributed by atoms with van der Waals surface area (Å²) in [7, 11) is 1.48. The van der Waals surface area contributed by atoms with Crippen molar-refractivity contribution in [3.05, 3.63) is 126 Å². The minimum Gasteiger partial charge on any atom is -0.508 e. The molecule has 0 radical (unpaired) electrons. The van der Waals surface area contributed by atoms with Crippen LogP contribution >= 0.6 is 0 Å². The molecular formula is C33H28O5. The van der Waals surface area contributed by atoms with Crippen molar-refractivity contribution >= 4 is 23.7 Å². The lowest BCUT2D eigenvalue weighted by Gasteiger charge is -2.11. The average molecular weight is 505 g/mol. The number of hydrogen-bond acceptors (Lipinski definition) is 5. The van der Waals surface area contributed by atoms with Crippen molar-refractivity contribution in [2.24, 2.45) is 0 Å². The van der Waals surface area contributed by atoms with E-state index in [1.165, 1.54) is 31.4 Å². The zero-order valence-corrected chi connectivity index (χ0v) is 21.0. The summed E-state index contributed by atoms with van der Waals surface area (Å²) in [5.41, 5.74) is 4.46. The van der Waals surface area contributed by atoms with Crippen LogP contribution in [0.1, 0.15) is 23.1 Å². The second-order valence-electron chi connectivity index (χ2n) is 8.59. The van der Waals surface area contributed by atoms with Crippen LogP contribution in [0.15, 0.2) is 109 Å². The SMILES string of the molecule is COc1cc(O)ccc1/C=C/C(=O)CC(=O)/C=C/c1cc(OCc2ccccc2)ccc1-c1ccccc1. The van der Waals surface area contributed by atoms with Crippen molar-refractivity contribution in [2.75, 3.05) is 7.11 Å². The van der Waals surface area contributed by atoms with Crippen LogP contribution < -0.4 is 9.47 Å². The van der Waals surface area contributed by atoms with Gasteiger partial charge in [0.05, 0.1) is 13.5 Å². The molecule has 0 aromatic heterocycles. The van der Waals surface area contributed by atoms with Crippen LogP contribution in [0, 0.1) is 0 Å². The number of hydrogen-bond donors (Lipinski definition) is 1. The highest BCUT2D eigenvalue weighted by molar-refractivity contribution is 6.11. The molecule has 5 heteroatoms. The van der Waals surface area contributed by atoms with Crippen molar-refractivity contribution in [3.8, 4) is 28.4 Å². The molecule has 0 saturated heterocycles. The average Bonchev–Trinajstić information content (AvgIpc) is 2.95. The lowest BCUT2D eigenvalue weighted by atomic mass is 9.98. The number of phenolic OH excluding ortho intramolecular Hbond substituents is 1.